The molecule has 18 heavy (non-hydrogen) atoms. The molecule has 1 aromatic carbocycles. The molecule has 0 atom stereocenters. The van der Waals surface area contributed by atoms with Crippen LogP contribution in [0.1, 0.15) is 30.1 Å². The molecule has 0 radical (unpaired) electrons. The van der Waals surface area contributed by atoms with Gasteiger partial charge in [0.05, 0.1) is 12.2 Å². The molecule has 1 rings (SSSR count). The van der Waals surface area contributed by atoms with Gasteiger partial charge in [-0.3, -0.25) is 4.79 Å². The fourth-order valence-electron chi connectivity index (χ4n) is 1.53. The first kappa shape index (κ1) is 14.3. The third-order valence-corrected chi connectivity index (χ3v) is 2.51. The van der Waals surface area contributed by atoms with Crippen LogP contribution in [-0.4, -0.2) is 25.7 Å². The average Bonchev–Trinajstić information content (AvgIpc) is 2.33. The van der Waals surface area contributed by atoms with E-state index >= 15 is 0 Å². The Hall–Kier alpha value is -1.75. The Kier molecular flexibility index (Phi) is 6.00. The molecule has 0 aliphatic heterocycles. The Bertz CT molecular complexity index is 394. The van der Waals surface area contributed by atoms with Gasteiger partial charge in [-0.05, 0) is 24.6 Å². The number of hydrogen-bond donors (Lipinski definition) is 3. The van der Waals surface area contributed by atoms with Gasteiger partial charge in [0.15, 0.2) is 0 Å². The van der Waals surface area contributed by atoms with Crippen molar-refractivity contribution in [1.29, 1.82) is 0 Å². The molecule has 0 aromatic heterocycles. The lowest BCUT2D eigenvalue weighted by Crippen LogP contribution is -2.17. The van der Waals surface area contributed by atoms with Gasteiger partial charge in [-0.2, -0.15) is 0 Å². The fourth-order valence-corrected chi connectivity index (χ4v) is 1.53. The second kappa shape index (κ2) is 7.55. The van der Waals surface area contributed by atoms with Crippen molar-refractivity contribution in [2.75, 3.05) is 30.8 Å². The molecule has 1 aromatic rings. The molecular weight excluding hydrogens is 230 g/mol. The standard InChI is InChI=1S/C13H21N3O2/c1-2-3-7-18-8-6-16-12-9-10(14)4-5-11(12)13(15)17/h4-5,9,16H,2-3,6-8,14H2,1H3,(H2,15,17). The number of amides is 1. The lowest BCUT2D eigenvalue weighted by atomic mass is 10.1. The minimum absolute atomic E-state index is 0.442. The number of anilines is 2. The van der Waals surface area contributed by atoms with Gasteiger partial charge in [0, 0.05) is 24.5 Å². The second-order valence-corrected chi connectivity index (χ2v) is 4.06. The minimum atomic E-state index is -0.468. The van der Waals surface area contributed by atoms with E-state index < -0.39 is 5.91 Å². The van der Waals surface area contributed by atoms with Crippen molar-refractivity contribution < 1.29 is 9.53 Å². The van der Waals surface area contributed by atoms with Crippen LogP contribution in [0.5, 0.6) is 0 Å². The van der Waals surface area contributed by atoms with E-state index in [0.29, 0.717) is 30.1 Å². The van der Waals surface area contributed by atoms with Crippen LogP contribution in [0.4, 0.5) is 11.4 Å². The highest BCUT2D eigenvalue weighted by Gasteiger charge is 2.07. The highest BCUT2D eigenvalue weighted by Crippen LogP contribution is 2.18. The number of benzene rings is 1. The van der Waals surface area contributed by atoms with Crippen molar-refractivity contribution in [3.05, 3.63) is 23.8 Å². The van der Waals surface area contributed by atoms with E-state index in [0.717, 1.165) is 19.4 Å². The van der Waals surface area contributed by atoms with Crippen molar-refractivity contribution in [2.45, 2.75) is 19.8 Å². The molecule has 0 saturated carbocycles. The third-order valence-electron chi connectivity index (χ3n) is 2.51. The predicted molar refractivity (Wildman–Crippen MR) is 73.6 cm³/mol. The van der Waals surface area contributed by atoms with Gasteiger partial charge in [0.1, 0.15) is 0 Å². The van der Waals surface area contributed by atoms with Crippen LogP contribution in [-0.2, 0) is 4.74 Å². The highest BCUT2D eigenvalue weighted by atomic mass is 16.5. The molecule has 5 heteroatoms. The van der Waals surface area contributed by atoms with Gasteiger partial charge in [0.25, 0.3) is 5.91 Å². The van der Waals surface area contributed by atoms with E-state index in [1.54, 1.807) is 18.2 Å². The summed E-state index contributed by atoms with van der Waals surface area (Å²) in [7, 11) is 0. The van der Waals surface area contributed by atoms with E-state index in [9.17, 15) is 4.79 Å². The Morgan fingerprint density at radius 2 is 2.17 bits per heavy atom. The summed E-state index contributed by atoms with van der Waals surface area (Å²) in [5, 5.41) is 3.11. The zero-order valence-corrected chi connectivity index (χ0v) is 10.7. The number of ether oxygens (including phenoxy) is 1. The first-order chi connectivity index (χ1) is 8.65. The molecule has 0 aliphatic rings. The van der Waals surface area contributed by atoms with Crippen LogP contribution in [0.25, 0.3) is 0 Å². The molecular formula is C13H21N3O2. The number of unbranched alkanes of at least 4 members (excludes halogenated alkanes) is 1. The molecule has 1 amide bonds. The van der Waals surface area contributed by atoms with Crippen LogP contribution in [0.15, 0.2) is 18.2 Å². The Labute approximate surface area is 107 Å². The van der Waals surface area contributed by atoms with Crippen LogP contribution < -0.4 is 16.8 Å². The van der Waals surface area contributed by atoms with E-state index in [1.807, 2.05) is 0 Å². The SMILES string of the molecule is CCCCOCCNc1cc(N)ccc1C(N)=O. The molecule has 5 N–H and O–H groups in total. The maximum atomic E-state index is 11.2. The fraction of sp³-hybridized carbons (Fsp3) is 0.462. The summed E-state index contributed by atoms with van der Waals surface area (Å²) in [6, 6.07) is 4.98. The van der Waals surface area contributed by atoms with E-state index in [1.165, 1.54) is 0 Å². The van der Waals surface area contributed by atoms with E-state index in [4.69, 9.17) is 16.2 Å². The summed E-state index contributed by atoms with van der Waals surface area (Å²) in [6.07, 6.45) is 2.18. The topological polar surface area (TPSA) is 90.4 Å². The number of nitrogens with two attached hydrogens (primary N) is 2. The molecule has 0 aliphatic carbocycles. The average molecular weight is 251 g/mol. The largest absolute Gasteiger partial charge is 0.399 e. The summed E-state index contributed by atoms with van der Waals surface area (Å²) in [6.45, 7) is 4.09. The van der Waals surface area contributed by atoms with Gasteiger partial charge < -0.3 is 21.5 Å². The molecule has 5 nitrogen and oxygen atoms in total. The van der Waals surface area contributed by atoms with E-state index in [2.05, 4.69) is 12.2 Å². The zero-order valence-electron chi connectivity index (χ0n) is 10.7. The number of nitrogens with one attached hydrogen (secondary N) is 1. The predicted octanol–water partition coefficient (Wildman–Crippen LogP) is 1.60. The number of nitrogen functional groups attached to an aromatic ring is 1. The molecule has 0 spiro atoms. The van der Waals surface area contributed by atoms with Crippen LogP contribution in [0.2, 0.25) is 0 Å². The zero-order chi connectivity index (χ0) is 13.4. The number of rotatable bonds is 8. The second-order valence-electron chi connectivity index (χ2n) is 4.06. The summed E-state index contributed by atoms with van der Waals surface area (Å²) in [4.78, 5) is 11.2. The molecule has 0 unspecified atom stereocenters. The highest BCUT2D eigenvalue weighted by molar-refractivity contribution is 5.99. The van der Waals surface area contributed by atoms with Crippen molar-refractivity contribution in [3.8, 4) is 0 Å². The maximum Gasteiger partial charge on any atom is 0.250 e. The van der Waals surface area contributed by atoms with Crippen LogP contribution in [0, 0.1) is 0 Å². The van der Waals surface area contributed by atoms with Gasteiger partial charge in [-0.25, -0.2) is 0 Å². The maximum absolute atomic E-state index is 11.2. The lowest BCUT2D eigenvalue weighted by Gasteiger charge is -2.11. The molecule has 0 heterocycles. The van der Waals surface area contributed by atoms with Crippen molar-refractivity contribution in [3.63, 3.8) is 0 Å². The smallest absolute Gasteiger partial charge is 0.250 e. The molecule has 0 bridgehead atoms. The lowest BCUT2D eigenvalue weighted by molar-refractivity contribution is 0.100. The normalized spacial score (nSPS) is 10.3. The van der Waals surface area contributed by atoms with Crippen molar-refractivity contribution >= 4 is 17.3 Å². The van der Waals surface area contributed by atoms with Gasteiger partial charge >= 0.3 is 0 Å². The van der Waals surface area contributed by atoms with Crippen molar-refractivity contribution in [2.24, 2.45) is 5.73 Å². The summed E-state index contributed by atoms with van der Waals surface area (Å²) in [5.74, 6) is -0.468. The summed E-state index contributed by atoms with van der Waals surface area (Å²) < 4.78 is 5.42. The number of carbonyl (C=O) groups excluding carboxylic acids is 1. The van der Waals surface area contributed by atoms with Gasteiger partial charge in [-0.15, -0.1) is 0 Å². The minimum Gasteiger partial charge on any atom is -0.399 e. The van der Waals surface area contributed by atoms with E-state index in [-0.39, 0.29) is 0 Å². The summed E-state index contributed by atoms with van der Waals surface area (Å²) in [5.41, 5.74) is 12.6. The molecule has 0 fully saturated rings. The van der Waals surface area contributed by atoms with Crippen molar-refractivity contribution in [1.82, 2.24) is 0 Å². The van der Waals surface area contributed by atoms with Crippen LogP contribution in [0.3, 0.4) is 0 Å². The van der Waals surface area contributed by atoms with Gasteiger partial charge in [0.2, 0.25) is 0 Å². The Morgan fingerprint density at radius 3 is 2.83 bits per heavy atom. The Balaban J connectivity index is 2.45. The summed E-state index contributed by atoms with van der Waals surface area (Å²) >= 11 is 0. The monoisotopic (exact) mass is 251 g/mol. The Morgan fingerprint density at radius 1 is 1.39 bits per heavy atom. The molecule has 0 saturated heterocycles. The van der Waals surface area contributed by atoms with Gasteiger partial charge in [-0.1, -0.05) is 13.3 Å². The first-order valence-electron chi connectivity index (χ1n) is 6.16. The number of hydrogen-bond acceptors (Lipinski definition) is 4. The third kappa shape index (κ3) is 4.63. The number of carbonyl (C=O) groups is 1. The molecule has 100 valence electrons. The number of primary amides is 1. The first-order valence-corrected chi connectivity index (χ1v) is 6.16. The quantitative estimate of drug-likeness (QED) is 0.483. The van der Waals surface area contributed by atoms with Crippen LogP contribution >= 0.6 is 0 Å².